The molecule has 0 aliphatic rings. The highest BCUT2D eigenvalue weighted by Gasteiger charge is 2.17. The molecule has 3 rings (SSSR count). The Hall–Kier alpha value is -2.96. The molecule has 0 unspecified atom stereocenters. The van der Waals surface area contributed by atoms with Crippen molar-refractivity contribution >= 4 is 0 Å². The minimum Gasteiger partial charge on any atom is -0.504 e. The van der Waals surface area contributed by atoms with Crippen LogP contribution < -0.4 is 4.74 Å². The Balaban J connectivity index is 2.03. The van der Waals surface area contributed by atoms with Crippen molar-refractivity contribution in [1.82, 2.24) is 20.1 Å². The first-order valence-corrected chi connectivity index (χ1v) is 6.19. The number of aromatic hydroxyl groups is 1. The third-order valence-corrected chi connectivity index (χ3v) is 2.88. The molecule has 2 heterocycles. The molecular weight excluding hydrogens is 272 g/mol. The van der Waals surface area contributed by atoms with Gasteiger partial charge in [0.1, 0.15) is 11.5 Å². The van der Waals surface area contributed by atoms with Gasteiger partial charge in [-0.1, -0.05) is 11.2 Å². The van der Waals surface area contributed by atoms with Crippen LogP contribution in [0.5, 0.6) is 11.5 Å². The van der Waals surface area contributed by atoms with E-state index in [9.17, 15) is 5.11 Å². The number of hydrogen-bond acceptors (Lipinski definition) is 7. The van der Waals surface area contributed by atoms with Gasteiger partial charge in [0.15, 0.2) is 11.5 Å². The van der Waals surface area contributed by atoms with E-state index < -0.39 is 0 Å². The summed E-state index contributed by atoms with van der Waals surface area (Å²) in [6.07, 6.45) is 1.62. The van der Waals surface area contributed by atoms with Crippen LogP contribution in [-0.2, 0) is 0 Å². The Labute approximate surface area is 120 Å². The molecule has 2 aromatic heterocycles. The first-order chi connectivity index (χ1) is 10.2. The average molecular weight is 284 g/mol. The van der Waals surface area contributed by atoms with Crippen LogP contribution in [0.2, 0.25) is 0 Å². The zero-order valence-corrected chi connectivity index (χ0v) is 11.4. The van der Waals surface area contributed by atoms with Crippen molar-refractivity contribution in [2.45, 2.75) is 6.92 Å². The third kappa shape index (κ3) is 2.40. The van der Waals surface area contributed by atoms with Crippen LogP contribution in [0.1, 0.15) is 5.82 Å². The fourth-order valence-corrected chi connectivity index (χ4v) is 1.88. The minimum atomic E-state index is -0.0472. The fourth-order valence-electron chi connectivity index (χ4n) is 1.88. The van der Waals surface area contributed by atoms with Gasteiger partial charge in [-0.25, -0.2) is 9.97 Å². The van der Waals surface area contributed by atoms with Crippen LogP contribution in [0.4, 0.5) is 0 Å². The number of aryl methyl sites for hydroxylation is 1. The summed E-state index contributed by atoms with van der Waals surface area (Å²) in [5.41, 5.74) is 0.957. The summed E-state index contributed by atoms with van der Waals surface area (Å²) < 4.78 is 10.2. The fraction of sp³-hybridized carbons (Fsp3) is 0.143. The lowest BCUT2D eigenvalue weighted by Gasteiger charge is -2.04. The molecule has 0 aliphatic heterocycles. The first-order valence-electron chi connectivity index (χ1n) is 6.19. The minimum absolute atomic E-state index is 0.0472. The Morgan fingerprint density at radius 2 is 2.05 bits per heavy atom. The molecule has 0 saturated carbocycles. The van der Waals surface area contributed by atoms with Crippen LogP contribution >= 0.6 is 0 Å². The maximum absolute atomic E-state index is 10.1. The van der Waals surface area contributed by atoms with Gasteiger partial charge in [-0.15, -0.1) is 0 Å². The van der Waals surface area contributed by atoms with Crippen LogP contribution in [-0.4, -0.2) is 32.3 Å². The number of hydrogen-bond donors (Lipinski definition) is 1. The van der Waals surface area contributed by atoms with Crippen LogP contribution in [0.25, 0.3) is 23.0 Å². The Kier molecular flexibility index (Phi) is 3.23. The lowest BCUT2D eigenvalue weighted by molar-refractivity contribution is 0.371. The van der Waals surface area contributed by atoms with Crippen LogP contribution in [0.15, 0.2) is 35.0 Å². The van der Waals surface area contributed by atoms with Crippen molar-refractivity contribution in [2.75, 3.05) is 7.11 Å². The third-order valence-electron chi connectivity index (χ3n) is 2.88. The standard InChI is InChI=1S/C14H12N4O3/c1-8-15-7-6-10(16-8)13-17-14(21-18-13)9-4-3-5-11(20-2)12(9)19/h3-7,19H,1-2H3. The molecule has 7 nitrogen and oxygen atoms in total. The summed E-state index contributed by atoms with van der Waals surface area (Å²) in [6.45, 7) is 1.78. The summed E-state index contributed by atoms with van der Waals surface area (Å²) >= 11 is 0. The van der Waals surface area contributed by atoms with E-state index in [0.717, 1.165) is 0 Å². The number of benzene rings is 1. The molecule has 0 spiro atoms. The number of aromatic nitrogens is 4. The second-order valence-electron chi connectivity index (χ2n) is 4.27. The van der Waals surface area contributed by atoms with Crippen molar-refractivity contribution in [1.29, 1.82) is 0 Å². The van der Waals surface area contributed by atoms with E-state index >= 15 is 0 Å². The molecule has 0 bridgehead atoms. The summed E-state index contributed by atoms with van der Waals surface area (Å²) in [5, 5.41) is 14.0. The molecule has 0 saturated heterocycles. The van der Waals surface area contributed by atoms with Gasteiger partial charge in [0.05, 0.1) is 12.7 Å². The Morgan fingerprint density at radius 3 is 2.81 bits per heavy atom. The summed E-state index contributed by atoms with van der Waals surface area (Å²) in [7, 11) is 1.47. The number of phenolic OH excluding ortho intramolecular Hbond substituents is 1. The molecule has 3 aromatic rings. The molecule has 1 aromatic carbocycles. The SMILES string of the molecule is COc1cccc(-c2nc(-c3ccnc(C)n3)no2)c1O. The van der Waals surface area contributed by atoms with E-state index in [4.69, 9.17) is 9.26 Å². The Morgan fingerprint density at radius 1 is 1.19 bits per heavy atom. The zero-order chi connectivity index (χ0) is 14.8. The van der Waals surface area contributed by atoms with Crippen molar-refractivity contribution < 1.29 is 14.4 Å². The zero-order valence-electron chi connectivity index (χ0n) is 11.4. The number of methoxy groups -OCH3 is 1. The largest absolute Gasteiger partial charge is 0.504 e. The second kappa shape index (κ2) is 5.20. The number of ether oxygens (including phenoxy) is 1. The highest BCUT2D eigenvalue weighted by atomic mass is 16.5. The van der Waals surface area contributed by atoms with Gasteiger partial charge in [-0.05, 0) is 25.1 Å². The topological polar surface area (TPSA) is 94.2 Å². The number of nitrogens with zero attached hydrogens (tertiary/aromatic N) is 4. The lowest BCUT2D eigenvalue weighted by Crippen LogP contribution is -1.91. The lowest BCUT2D eigenvalue weighted by atomic mass is 10.2. The van der Waals surface area contributed by atoms with Crippen molar-refractivity contribution in [3.63, 3.8) is 0 Å². The molecule has 0 fully saturated rings. The highest BCUT2D eigenvalue weighted by Crippen LogP contribution is 2.36. The molecular formula is C14H12N4O3. The number of para-hydroxylation sites is 1. The molecule has 1 N–H and O–H groups in total. The summed E-state index contributed by atoms with van der Waals surface area (Å²) in [5.74, 6) is 1.43. The molecule has 0 aliphatic carbocycles. The number of phenols is 1. The van der Waals surface area contributed by atoms with E-state index in [0.29, 0.717) is 28.7 Å². The predicted molar refractivity (Wildman–Crippen MR) is 73.7 cm³/mol. The smallest absolute Gasteiger partial charge is 0.262 e. The van der Waals surface area contributed by atoms with Gasteiger partial charge < -0.3 is 14.4 Å². The quantitative estimate of drug-likeness (QED) is 0.787. The van der Waals surface area contributed by atoms with E-state index in [-0.39, 0.29) is 11.6 Å². The van der Waals surface area contributed by atoms with Gasteiger partial charge in [0.2, 0.25) is 5.82 Å². The maximum Gasteiger partial charge on any atom is 0.262 e. The monoisotopic (exact) mass is 284 g/mol. The Bertz CT molecular complexity index is 785. The predicted octanol–water partition coefficient (Wildman–Crippen LogP) is 2.22. The normalized spacial score (nSPS) is 10.6. The van der Waals surface area contributed by atoms with E-state index in [1.54, 1.807) is 37.4 Å². The molecule has 106 valence electrons. The van der Waals surface area contributed by atoms with Gasteiger partial charge >= 0.3 is 0 Å². The average Bonchev–Trinajstić information content (AvgIpc) is 2.97. The van der Waals surface area contributed by atoms with Gasteiger partial charge in [-0.3, -0.25) is 0 Å². The van der Waals surface area contributed by atoms with Crippen molar-refractivity contribution in [3.8, 4) is 34.5 Å². The molecule has 0 atom stereocenters. The van der Waals surface area contributed by atoms with Gasteiger partial charge in [0, 0.05) is 6.20 Å². The second-order valence-corrected chi connectivity index (χ2v) is 4.27. The van der Waals surface area contributed by atoms with E-state index in [1.165, 1.54) is 7.11 Å². The van der Waals surface area contributed by atoms with Crippen molar-refractivity contribution in [2.24, 2.45) is 0 Å². The molecule has 7 heteroatoms. The van der Waals surface area contributed by atoms with Crippen molar-refractivity contribution in [3.05, 3.63) is 36.3 Å². The maximum atomic E-state index is 10.1. The van der Waals surface area contributed by atoms with Crippen LogP contribution in [0.3, 0.4) is 0 Å². The summed E-state index contributed by atoms with van der Waals surface area (Å²) in [6, 6.07) is 6.73. The molecule has 0 amide bonds. The van der Waals surface area contributed by atoms with Crippen LogP contribution in [0, 0.1) is 6.92 Å². The van der Waals surface area contributed by atoms with E-state index in [1.807, 2.05) is 0 Å². The molecule has 0 radical (unpaired) electrons. The number of rotatable bonds is 3. The molecule has 21 heavy (non-hydrogen) atoms. The van der Waals surface area contributed by atoms with Gasteiger partial charge in [0.25, 0.3) is 5.89 Å². The first kappa shape index (κ1) is 13.0. The van der Waals surface area contributed by atoms with Gasteiger partial charge in [-0.2, -0.15) is 4.98 Å². The van der Waals surface area contributed by atoms with E-state index in [2.05, 4.69) is 20.1 Å². The summed E-state index contributed by atoms with van der Waals surface area (Å²) in [4.78, 5) is 12.5. The highest BCUT2D eigenvalue weighted by molar-refractivity contribution is 5.68.